The molecule has 1 atom stereocenters. The van der Waals surface area contributed by atoms with Gasteiger partial charge in [-0.3, -0.25) is 9.59 Å². The Bertz CT molecular complexity index is 1040. The lowest BCUT2D eigenvalue weighted by Crippen LogP contribution is -2.51. The van der Waals surface area contributed by atoms with Crippen LogP contribution in [0.15, 0.2) is 78.9 Å². The molecule has 0 aromatic heterocycles. The standard InChI is InChI=1S/C27H29FN2O3/c1-3-20-11-15-24(16-12-20)33-19-26(31)30(18-22-9-13-23(28)14-10-22)25(27(32)29-2)17-21-7-5-4-6-8-21/h4-16,25H,3,17-19H2,1-2H3,(H,29,32). The summed E-state index contributed by atoms with van der Waals surface area (Å²) in [5.74, 6) is -0.380. The topological polar surface area (TPSA) is 58.6 Å². The Kier molecular flexibility index (Phi) is 8.58. The first kappa shape index (κ1) is 24.0. The van der Waals surface area contributed by atoms with Gasteiger partial charge in [0.1, 0.15) is 17.6 Å². The maximum absolute atomic E-state index is 13.4. The molecule has 0 radical (unpaired) electrons. The van der Waals surface area contributed by atoms with Crippen LogP contribution in [0.3, 0.4) is 0 Å². The Balaban J connectivity index is 1.84. The second-order valence-corrected chi connectivity index (χ2v) is 7.75. The van der Waals surface area contributed by atoms with E-state index in [1.807, 2.05) is 54.6 Å². The van der Waals surface area contributed by atoms with Crippen LogP contribution in [0, 0.1) is 5.82 Å². The molecule has 0 spiro atoms. The van der Waals surface area contributed by atoms with Crippen molar-refractivity contribution in [3.8, 4) is 5.75 Å². The molecule has 0 heterocycles. The van der Waals surface area contributed by atoms with Crippen LogP contribution in [-0.4, -0.2) is 36.4 Å². The van der Waals surface area contributed by atoms with E-state index in [-0.39, 0.29) is 30.8 Å². The smallest absolute Gasteiger partial charge is 0.261 e. The van der Waals surface area contributed by atoms with Gasteiger partial charge in [-0.1, -0.05) is 61.5 Å². The molecule has 0 saturated heterocycles. The van der Waals surface area contributed by atoms with Gasteiger partial charge in [0.2, 0.25) is 5.91 Å². The van der Waals surface area contributed by atoms with Crippen molar-refractivity contribution in [1.29, 1.82) is 0 Å². The zero-order valence-corrected chi connectivity index (χ0v) is 19.0. The number of likely N-dealkylation sites (N-methyl/N-ethyl adjacent to an activating group) is 1. The first-order valence-electron chi connectivity index (χ1n) is 11.0. The first-order chi connectivity index (χ1) is 16.0. The van der Waals surface area contributed by atoms with Crippen LogP contribution < -0.4 is 10.1 Å². The summed E-state index contributed by atoms with van der Waals surface area (Å²) in [7, 11) is 1.55. The van der Waals surface area contributed by atoms with Gasteiger partial charge in [0, 0.05) is 20.0 Å². The average Bonchev–Trinajstić information content (AvgIpc) is 2.86. The summed E-state index contributed by atoms with van der Waals surface area (Å²) < 4.78 is 19.1. The minimum atomic E-state index is -0.749. The Morgan fingerprint density at radius 1 is 0.909 bits per heavy atom. The number of aryl methyl sites for hydroxylation is 1. The van der Waals surface area contributed by atoms with E-state index in [2.05, 4.69) is 12.2 Å². The van der Waals surface area contributed by atoms with E-state index in [1.54, 1.807) is 19.2 Å². The van der Waals surface area contributed by atoms with Crippen molar-refractivity contribution in [2.45, 2.75) is 32.4 Å². The molecule has 1 unspecified atom stereocenters. The van der Waals surface area contributed by atoms with Gasteiger partial charge in [-0.2, -0.15) is 0 Å². The highest BCUT2D eigenvalue weighted by atomic mass is 19.1. The normalized spacial score (nSPS) is 11.5. The van der Waals surface area contributed by atoms with Crippen molar-refractivity contribution in [1.82, 2.24) is 10.2 Å². The minimum Gasteiger partial charge on any atom is -0.484 e. The van der Waals surface area contributed by atoms with Crippen molar-refractivity contribution in [3.63, 3.8) is 0 Å². The molecule has 0 bridgehead atoms. The van der Waals surface area contributed by atoms with Crippen molar-refractivity contribution in [2.24, 2.45) is 0 Å². The Labute approximate surface area is 194 Å². The molecule has 3 aromatic carbocycles. The molecule has 0 saturated carbocycles. The highest BCUT2D eigenvalue weighted by molar-refractivity contribution is 5.88. The fourth-order valence-corrected chi connectivity index (χ4v) is 3.56. The average molecular weight is 449 g/mol. The first-order valence-corrected chi connectivity index (χ1v) is 11.0. The highest BCUT2D eigenvalue weighted by Gasteiger charge is 2.30. The molecule has 0 aliphatic carbocycles. The zero-order valence-electron chi connectivity index (χ0n) is 19.0. The lowest BCUT2D eigenvalue weighted by Gasteiger charge is -2.31. The molecule has 172 valence electrons. The molecule has 3 rings (SSSR count). The van der Waals surface area contributed by atoms with Gasteiger partial charge in [-0.15, -0.1) is 0 Å². The third kappa shape index (κ3) is 6.91. The zero-order chi connectivity index (χ0) is 23.6. The van der Waals surface area contributed by atoms with Gasteiger partial charge < -0.3 is 15.0 Å². The van der Waals surface area contributed by atoms with E-state index in [0.29, 0.717) is 12.2 Å². The number of nitrogens with one attached hydrogen (secondary N) is 1. The molecular weight excluding hydrogens is 419 g/mol. The van der Waals surface area contributed by atoms with E-state index in [1.165, 1.54) is 22.6 Å². The van der Waals surface area contributed by atoms with Crippen LogP contribution in [0.25, 0.3) is 0 Å². The molecule has 2 amide bonds. The molecule has 6 heteroatoms. The fourth-order valence-electron chi connectivity index (χ4n) is 3.56. The second kappa shape index (κ2) is 11.8. The number of carbonyl (C=O) groups is 2. The lowest BCUT2D eigenvalue weighted by molar-refractivity contribution is -0.142. The molecule has 5 nitrogen and oxygen atoms in total. The Morgan fingerprint density at radius 2 is 1.55 bits per heavy atom. The lowest BCUT2D eigenvalue weighted by atomic mass is 10.0. The maximum Gasteiger partial charge on any atom is 0.261 e. The molecule has 0 aliphatic rings. The fraction of sp³-hybridized carbons (Fsp3) is 0.259. The second-order valence-electron chi connectivity index (χ2n) is 7.75. The van der Waals surface area contributed by atoms with Crippen molar-refractivity contribution >= 4 is 11.8 Å². The number of benzene rings is 3. The van der Waals surface area contributed by atoms with Gasteiger partial charge in [-0.05, 0) is 47.4 Å². The molecule has 0 aliphatic heterocycles. The van der Waals surface area contributed by atoms with Crippen LogP contribution in [-0.2, 0) is 29.0 Å². The summed E-state index contributed by atoms with van der Waals surface area (Å²) in [6.07, 6.45) is 1.26. The molecule has 0 fully saturated rings. The van der Waals surface area contributed by atoms with Gasteiger partial charge in [0.15, 0.2) is 6.61 Å². The van der Waals surface area contributed by atoms with Crippen molar-refractivity contribution < 1.29 is 18.7 Å². The number of carbonyl (C=O) groups excluding carboxylic acids is 2. The summed E-state index contributed by atoms with van der Waals surface area (Å²) in [5.41, 5.74) is 2.83. The SMILES string of the molecule is CCc1ccc(OCC(=O)N(Cc2ccc(F)cc2)C(Cc2ccccc2)C(=O)NC)cc1. The summed E-state index contributed by atoms with van der Waals surface area (Å²) in [6.45, 7) is 2.01. The van der Waals surface area contributed by atoms with Gasteiger partial charge in [-0.25, -0.2) is 4.39 Å². The van der Waals surface area contributed by atoms with Crippen LogP contribution in [0.2, 0.25) is 0 Å². The Morgan fingerprint density at radius 3 is 2.15 bits per heavy atom. The molecular formula is C27H29FN2O3. The summed E-state index contributed by atoms with van der Waals surface area (Å²) in [5, 5.41) is 2.67. The van der Waals surface area contributed by atoms with Gasteiger partial charge >= 0.3 is 0 Å². The Hall–Kier alpha value is -3.67. The number of hydrogen-bond donors (Lipinski definition) is 1. The monoisotopic (exact) mass is 448 g/mol. The van der Waals surface area contributed by atoms with E-state index in [9.17, 15) is 14.0 Å². The van der Waals surface area contributed by atoms with Crippen LogP contribution in [0.1, 0.15) is 23.6 Å². The highest BCUT2D eigenvalue weighted by Crippen LogP contribution is 2.17. The quantitative estimate of drug-likeness (QED) is 0.507. The number of halogens is 1. The van der Waals surface area contributed by atoms with Crippen LogP contribution in [0.4, 0.5) is 4.39 Å². The number of hydrogen-bond acceptors (Lipinski definition) is 3. The predicted octanol–water partition coefficient (Wildman–Crippen LogP) is 4.15. The van der Waals surface area contributed by atoms with E-state index in [0.717, 1.165) is 17.5 Å². The maximum atomic E-state index is 13.4. The number of amides is 2. The summed E-state index contributed by atoms with van der Waals surface area (Å²) >= 11 is 0. The van der Waals surface area contributed by atoms with Crippen molar-refractivity contribution in [3.05, 3.63) is 101 Å². The van der Waals surface area contributed by atoms with Crippen LogP contribution in [0.5, 0.6) is 5.75 Å². The molecule has 1 N–H and O–H groups in total. The van der Waals surface area contributed by atoms with Crippen LogP contribution >= 0.6 is 0 Å². The summed E-state index contributed by atoms with van der Waals surface area (Å²) in [4.78, 5) is 27.7. The third-order valence-electron chi connectivity index (χ3n) is 5.48. The number of nitrogens with zero attached hydrogens (tertiary/aromatic N) is 1. The van der Waals surface area contributed by atoms with Gasteiger partial charge in [0.05, 0.1) is 0 Å². The summed E-state index contributed by atoms with van der Waals surface area (Å²) in [6, 6.07) is 22.3. The van der Waals surface area contributed by atoms with E-state index < -0.39 is 6.04 Å². The van der Waals surface area contributed by atoms with Gasteiger partial charge in [0.25, 0.3) is 5.91 Å². The predicted molar refractivity (Wildman–Crippen MR) is 126 cm³/mol. The third-order valence-corrected chi connectivity index (χ3v) is 5.48. The molecule has 3 aromatic rings. The van der Waals surface area contributed by atoms with E-state index >= 15 is 0 Å². The largest absolute Gasteiger partial charge is 0.484 e. The van der Waals surface area contributed by atoms with E-state index in [4.69, 9.17) is 4.74 Å². The number of ether oxygens (including phenoxy) is 1. The number of rotatable bonds is 10. The minimum absolute atomic E-state index is 0.155. The molecule has 33 heavy (non-hydrogen) atoms. The van der Waals surface area contributed by atoms with Crippen molar-refractivity contribution in [2.75, 3.05) is 13.7 Å².